The number of aldehydes is 1. The molecule has 0 heterocycles. The van der Waals surface area contributed by atoms with Crippen LogP contribution in [0.3, 0.4) is 0 Å². The first kappa shape index (κ1) is 8.37. The van der Waals surface area contributed by atoms with Crippen LogP contribution in [0.2, 0.25) is 0 Å². The molecule has 0 saturated carbocycles. The largest absolute Gasteiger partial charge is 0.383 e. The molecule has 0 bridgehead atoms. The van der Waals surface area contributed by atoms with Crippen molar-refractivity contribution in [3.63, 3.8) is 0 Å². The molecule has 0 aromatic rings. The van der Waals surface area contributed by atoms with E-state index in [4.69, 9.17) is 5.11 Å². The zero-order valence-corrected chi connectivity index (χ0v) is 5.63. The number of hydrogen-bond donors (Lipinski definition) is 1. The smallest absolute Gasteiger partial charge is 0.151 e. The Morgan fingerprint density at radius 1 is 1.78 bits per heavy atom. The maximum atomic E-state index is 10.0. The lowest BCUT2D eigenvalue weighted by Gasteiger charge is -2.12. The average molecular weight is 128 g/mol. The highest BCUT2D eigenvalue weighted by atomic mass is 16.3. The van der Waals surface area contributed by atoms with Gasteiger partial charge in [-0.15, -0.1) is 6.58 Å². The van der Waals surface area contributed by atoms with Gasteiger partial charge in [-0.2, -0.15) is 0 Å². The summed E-state index contributed by atoms with van der Waals surface area (Å²) < 4.78 is 0. The van der Waals surface area contributed by atoms with Crippen LogP contribution in [0.15, 0.2) is 12.7 Å². The summed E-state index contributed by atoms with van der Waals surface area (Å²) in [7, 11) is 0. The van der Waals surface area contributed by atoms with E-state index in [0.29, 0.717) is 19.1 Å². The lowest BCUT2D eigenvalue weighted by Crippen LogP contribution is -2.25. The summed E-state index contributed by atoms with van der Waals surface area (Å²) in [4.78, 5) is 10.0. The molecule has 2 nitrogen and oxygen atoms in total. The molecular formula is C7H12O2. The van der Waals surface area contributed by atoms with E-state index in [1.165, 1.54) is 6.92 Å². The number of aliphatic hydroxyl groups is 1. The van der Waals surface area contributed by atoms with Crippen LogP contribution in [0.1, 0.15) is 19.8 Å². The predicted octanol–water partition coefficient (Wildman–Crippen LogP) is 0.903. The average Bonchev–Trinajstić information content (AvgIpc) is 1.84. The molecule has 0 rings (SSSR count). The molecule has 0 radical (unpaired) electrons. The summed E-state index contributed by atoms with van der Waals surface area (Å²) in [6.07, 6.45) is 3.36. The van der Waals surface area contributed by atoms with E-state index in [-0.39, 0.29) is 0 Å². The first-order valence-electron chi connectivity index (χ1n) is 2.92. The molecule has 1 N–H and O–H groups in total. The van der Waals surface area contributed by atoms with Crippen LogP contribution in [0.25, 0.3) is 0 Å². The number of carbonyl (C=O) groups is 1. The minimum absolute atomic E-state index is 0.458. The van der Waals surface area contributed by atoms with Gasteiger partial charge < -0.3 is 9.90 Å². The summed E-state index contributed by atoms with van der Waals surface area (Å²) in [5, 5.41) is 9.04. The van der Waals surface area contributed by atoms with Gasteiger partial charge in [0.05, 0.1) is 0 Å². The Morgan fingerprint density at radius 2 is 2.33 bits per heavy atom. The van der Waals surface area contributed by atoms with Crippen molar-refractivity contribution >= 4 is 6.29 Å². The van der Waals surface area contributed by atoms with E-state index >= 15 is 0 Å². The highest BCUT2D eigenvalue weighted by Crippen LogP contribution is 2.07. The van der Waals surface area contributed by atoms with Crippen molar-refractivity contribution in [2.24, 2.45) is 0 Å². The monoisotopic (exact) mass is 128 g/mol. The third kappa shape index (κ3) is 3.91. The van der Waals surface area contributed by atoms with Crippen molar-refractivity contribution in [1.82, 2.24) is 0 Å². The van der Waals surface area contributed by atoms with E-state index < -0.39 is 5.60 Å². The van der Waals surface area contributed by atoms with E-state index in [1.807, 2.05) is 0 Å². The molecule has 9 heavy (non-hydrogen) atoms. The molecular weight excluding hydrogens is 116 g/mol. The normalized spacial score (nSPS) is 16.2. The zero-order chi connectivity index (χ0) is 7.33. The summed E-state index contributed by atoms with van der Waals surface area (Å²) in [6, 6.07) is 0. The van der Waals surface area contributed by atoms with Crippen molar-refractivity contribution in [1.29, 1.82) is 0 Å². The second kappa shape index (κ2) is 3.41. The molecule has 0 amide bonds. The second-order valence-corrected chi connectivity index (χ2v) is 2.30. The van der Waals surface area contributed by atoms with Gasteiger partial charge >= 0.3 is 0 Å². The van der Waals surface area contributed by atoms with Crippen molar-refractivity contribution in [2.45, 2.75) is 25.4 Å². The Labute approximate surface area is 55.2 Å². The van der Waals surface area contributed by atoms with Crippen molar-refractivity contribution in [3.8, 4) is 0 Å². The minimum Gasteiger partial charge on any atom is -0.383 e. The topological polar surface area (TPSA) is 37.3 Å². The summed E-state index contributed by atoms with van der Waals surface area (Å²) >= 11 is 0. The van der Waals surface area contributed by atoms with E-state index in [9.17, 15) is 4.79 Å². The Hall–Kier alpha value is -0.630. The summed E-state index contributed by atoms with van der Waals surface area (Å²) in [6.45, 7) is 4.96. The van der Waals surface area contributed by atoms with E-state index in [1.54, 1.807) is 6.08 Å². The second-order valence-electron chi connectivity index (χ2n) is 2.30. The lowest BCUT2D eigenvalue weighted by atomic mass is 10.0. The molecule has 0 aliphatic heterocycles. The van der Waals surface area contributed by atoms with Gasteiger partial charge in [0.15, 0.2) is 6.29 Å². The fourth-order valence-corrected chi connectivity index (χ4v) is 0.453. The van der Waals surface area contributed by atoms with Crippen LogP contribution in [0.4, 0.5) is 0 Å². The Kier molecular flexibility index (Phi) is 3.17. The fraction of sp³-hybridized carbons (Fsp3) is 0.571. The van der Waals surface area contributed by atoms with Gasteiger partial charge in [0.25, 0.3) is 0 Å². The van der Waals surface area contributed by atoms with Crippen molar-refractivity contribution in [2.75, 3.05) is 0 Å². The van der Waals surface area contributed by atoms with Crippen LogP contribution in [-0.4, -0.2) is 17.0 Å². The summed E-state index contributed by atoms with van der Waals surface area (Å²) in [5.41, 5.74) is -1.16. The van der Waals surface area contributed by atoms with Gasteiger partial charge in [-0.3, -0.25) is 0 Å². The van der Waals surface area contributed by atoms with Crippen LogP contribution in [-0.2, 0) is 4.79 Å². The van der Waals surface area contributed by atoms with Crippen LogP contribution in [0.5, 0.6) is 0 Å². The molecule has 0 aliphatic rings. The zero-order valence-electron chi connectivity index (χ0n) is 5.63. The molecule has 0 fully saturated rings. The Balaban J connectivity index is 3.57. The standard InChI is InChI=1S/C7H12O2/c1-3-4-5-7(2,9)6-8/h3,6,9H,1,4-5H2,2H3/t7-/m1/s1. The highest BCUT2D eigenvalue weighted by Gasteiger charge is 2.16. The molecule has 0 saturated heterocycles. The SMILES string of the molecule is C=CCC[C@@](C)(O)C=O. The number of allylic oxidation sites excluding steroid dienone is 1. The maximum Gasteiger partial charge on any atom is 0.151 e. The molecule has 1 atom stereocenters. The van der Waals surface area contributed by atoms with E-state index in [0.717, 1.165) is 0 Å². The lowest BCUT2D eigenvalue weighted by molar-refractivity contribution is -0.122. The quantitative estimate of drug-likeness (QED) is 0.451. The van der Waals surface area contributed by atoms with Gasteiger partial charge in [0.2, 0.25) is 0 Å². The molecule has 0 aromatic heterocycles. The molecule has 2 heteroatoms. The molecule has 0 aromatic carbocycles. The molecule has 0 aliphatic carbocycles. The van der Waals surface area contributed by atoms with Crippen molar-refractivity contribution in [3.05, 3.63) is 12.7 Å². The highest BCUT2D eigenvalue weighted by molar-refractivity contribution is 5.60. The third-order valence-electron chi connectivity index (χ3n) is 1.11. The van der Waals surface area contributed by atoms with Crippen LogP contribution >= 0.6 is 0 Å². The van der Waals surface area contributed by atoms with Gasteiger partial charge in [-0.25, -0.2) is 0 Å². The predicted molar refractivity (Wildman–Crippen MR) is 36.1 cm³/mol. The maximum absolute atomic E-state index is 10.0. The van der Waals surface area contributed by atoms with Gasteiger partial charge in [0, 0.05) is 0 Å². The van der Waals surface area contributed by atoms with Crippen molar-refractivity contribution < 1.29 is 9.90 Å². The van der Waals surface area contributed by atoms with Gasteiger partial charge in [-0.1, -0.05) is 6.08 Å². The minimum atomic E-state index is -1.16. The molecule has 0 unspecified atom stereocenters. The summed E-state index contributed by atoms with van der Waals surface area (Å²) in [5.74, 6) is 0. The third-order valence-corrected chi connectivity index (χ3v) is 1.11. The first-order chi connectivity index (χ1) is 4.12. The first-order valence-corrected chi connectivity index (χ1v) is 2.92. The Morgan fingerprint density at radius 3 is 2.67 bits per heavy atom. The number of carbonyl (C=O) groups excluding carboxylic acids is 1. The molecule has 52 valence electrons. The Bertz CT molecular complexity index is 105. The van der Waals surface area contributed by atoms with Crippen LogP contribution in [0, 0.1) is 0 Å². The van der Waals surface area contributed by atoms with Gasteiger partial charge in [0.1, 0.15) is 5.60 Å². The van der Waals surface area contributed by atoms with E-state index in [2.05, 4.69) is 6.58 Å². The molecule has 0 spiro atoms. The van der Waals surface area contributed by atoms with Crippen LogP contribution < -0.4 is 0 Å². The number of rotatable bonds is 4. The fourth-order valence-electron chi connectivity index (χ4n) is 0.453. The number of hydrogen-bond acceptors (Lipinski definition) is 2. The van der Waals surface area contributed by atoms with Gasteiger partial charge in [-0.05, 0) is 19.8 Å².